The Labute approximate surface area is 145 Å². The second kappa shape index (κ2) is 6.99. The maximum Gasteiger partial charge on any atom is 0.136 e. The number of rotatable bonds is 4. The molecule has 5 nitrogen and oxygen atoms in total. The highest BCUT2D eigenvalue weighted by Gasteiger charge is 2.06. The second-order valence-electron chi connectivity index (χ2n) is 5.10. The Kier molecular flexibility index (Phi) is 4.59. The van der Waals surface area contributed by atoms with Crippen LogP contribution in [0, 0.1) is 18.3 Å². The fourth-order valence-electron chi connectivity index (χ4n) is 2.24. The largest absolute Gasteiger partial charge is 0.340 e. The van der Waals surface area contributed by atoms with Gasteiger partial charge in [-0.3, -0.25) is 0 Å². The average Bonchev–Trinajstić information content (AvgIpc) is 2.55. The lowest BCUT2D eigenvalue weighted by Crippen LogP contribution is -2.02. The van der Waals surface area contributed by atoms with Gasteiger partial charge in [-0.05, 0) is 37.3 Å². The summed E-state index contributed by atoms with van der Waals surface area (Å²) >= 11 is 6.00. The molecule has 2 N–H and O–H groups in total. The molecule has 0 aliphatic heterocycles. The van der Waals surface area contributed by atoms with Crippen molar-refractivity contribution in [3.63, 3.8) is 0 Å². The third-order valence-corrected chi connectivity index (χ3v) is 3.48. The van der Waals surface area contributed by atoms with Crippen LogP contribution >= 0.6 is 11.6 Å². The van der Waals surface area contributed by atoms with Crippen LogP contribution in [0.1, 0.15) is 11.4 Å². The number of aryl methyl sites for hydroxylation is 1. The minimum atomic E-state index is 0.554. The maximum absolute atomic E-state index is 9.18. The minimum absolute atomic E-state index is 0.554. The molecule has 0 radical (unpaired) electrons. The molecular formula is C18H14ClN5. The van der Waals surface area contributed by atoms with Gasteiger partial charge in [0.25, 0.3) is 0 Å². The van der Waals surface area contributed by atoms with Crippen LogP contribution in [-0.4, -0.2) is 9.97 Å². The van der Waals surface area contributed by atoms with Crippen LogP contribution < -0.4 is 10.6 Å². The van der Waals surface area contributed by atoms with Gasteiger partial charge in [0.05, 0.1) is 11.3 Å². The zero-order valence-corrected chi connectivity index (χ0v) is 13.7. The summed E-state index contributed by atoms with van der Waals surface area (Å²) in [5, 5.41) is 16.2. The molecule has 0 atom stereocenters. The first kappa shape index (κ1) is 15.8. The van der Waals surface area contributed by atoms with Gasteiger partial charge in [-0.2, -0.15) is 5.26 Å². The number of benzene rings is 2. The summed E-state index contributed by atoms with van der Waals surface area (Å²) in [5.74, 6) is 1.86. The first-order chi connectivity index (χ1) is 11.6. The van der Waals surface area contributed by atoms with E-state index in [-0.39, 0.29) is 0 Å². The van der Waals surface area contributed by atoms with Gasteiger partial charge < -0.3 is 10.6 Å². The monoisotopic (exact) mass is 335 g/mol. The molecule has 0 amide bonds. The van der Waals surface area contributed by atoms with E-state index in [1.807, 2.05) is 49.4 Å². The predicted octanol–water partition coefficient (Wildman–Crippen LogP) is 4.80. The van der Waals surface area contributed by atoms with Crippen molar-refractivity contribution < 1.29 is 0 Å². The Hall–Kier alpha value is -3.10. The molecular weight excluding hydrogens is 322 g/mol. The number of halogens is 1. The molecule has 3 aromatic rings. The highest BCUT2D eigenvalue weighted by atomic mass is 35.5. The van der Waals surface area contributed by atoms with Crippen molar-refractivity contribution in [2.75, 3.05) is 10.6 Å². The van der Waals surface area contributed by atoms with E-state index in [4.69, 9.17) is 11.6 Å². The minimum Gasteiger partial charge on any atom is -0.340 e. The van der Waals surface area contributed by atoms with Crippen molar-refractivity contribution in [2.45, 2.75) is 6.92 Å². The van der Waals surface area contributed by atoms with Crippen molar-refractivity contribution >= 4 is 34.6 Å². The fourth-order valence-corrected chi connectivity index (χ4v) is 2.43. The van der Waals surface area contributed by atoms with E-state index in [2.05, 4.69) is 26.7 Å². The van der Waals surface area contributed by atoms with Crippen molar-refractivity contribution in [2.24, 2.45) is 0 Å². The molecule has 0 spiro atoms. The number of anilines is 4. The van der Waals surface area contributed by atoms with E-state index in [0.717, 1.165) is 5.69 Å². The number of nitriles is 1. The molecule has 0 bridgehead atoms. The van der Waals surface area contributed by atoms with Crippen LogP contribution in [0.2, 0.25) is 5.02 Å². The van der Waals surface area contributed by atoms with Crippen molar-refractivity contribution in [1.29, 1.82) is 5.26 Å². The summed E-state index contributed by atoms with van der Waals surface area (Å²) in [7, 11) is 0. The molecule has 0 aliphatic rings. The third kappa shape index (κ3) is 3.80. The summed E-state index contributed by atoms with van der Waals surface area (Å²) in [4.78, 5) is 8.74. The topological polar surface area (TPSA) is 73.6 Å². The Bertz CT molecular complexity index is 917. The molecule has 0 saturated heterocycles. The van der Waals surface area contributed by atoms with Crippen LogP contribution in [-0.2, 0) is 0 Å². The van der Waals surface area contributed by atoms with E-state index in [0.29, 0.717) is 33.7 Å². The van der Waals surface area contributed by atoms with Gasteiger partial charge in [-0.1, -0.05) is 29.8 Å². The predicted molar refractivity (Wildman–Crippen MR) is 95.9 cm³/mol. The van der Waals surface area contributed by atoms with Crippen LogP contribution in [0.15, 0.2) is 54.6 Å². The molecule has 3 rings (SSSR count). The van der Waals surface area contributed by atoms with Crippen molar-refractivity contribution in [3.8, 4) is 6.07 Å². The molecule has 118 valence electrons. The Balaban J connectivity index is 1.88. The summed E-state index contributed by atoms with van der Waals surface area (Å²) < 4.78 is 0. The number of nitrogens with zero attached hydrogens (tertiary/aromatic N) is 3. The highest BCUT2D eigenvalue weighted by molar-refractivity contribution is 6.30. The number of hydrogen-bond donors (Lipinski definition) is 2. The van der Waals surface area contributed by atoms with Gasteiger partial charge in [-0.15, -0.1) is 0 Å². The lowest BCUT2D eigenvalue weighted by molar-refractivity contribution is 1.06. The summed E-state index contributed by atoms with van der Waals surface area (Å²) in [6.07, 6.45) is 0. The summed E-state index contributed by atoms with van der Waals surface area (Å²) in [6.45, 7) is 1.81. The summed E-state index contributed by atoms with van der Waals surface area (Å²) in [5.41, 5.74) is 2.09. The van der Waals surface area contributed by atoms with Crippen molar-refractivity contribution in [3.05, 3.63) is 71.0 Å². The third-order valence-electron chi connectivity index (χ3n) is 3.25. The lowest BCUT2D eigenvalue weighted by atomic mass is 10.2. The van der Waals surface area contributed by atoms with Crippen LogP contribution in [0.5, 0.6) is 0 Å². The molecule has 1 heterocycles. The molecule has 6 heteroatoms. The fraction of sp³-hybridized carbons (Fsp3) is 0.0556. The van der Waals surface area contributed by atoms with E-state index in [9.17, 15) is 5.26 Å². The van der Waals surface area contributed by atoms with Gasteiger partial charge in [0.15, 0.2) is 0 Å². The highest BCUT2D eigenvalue weighted by Crippen LogP contribution is 2.23. The Morgan fingerprint density at radius 2 is 1.71 bits per heavy atom. The maximum atomic E-state index is 9.18. The lowest BCUT2D eigenvalue weighted by Gasteiger charge is -2.11. The van der Waals surface area contributed by atoms with E-state index in [1.54, 1.807) is 12.1 Å². The molecule has 24 heavy (non-hydrogen) atoms. The van der Waals surface area contributed by atoms with Gasteiger partial charge >= 0.3 is 0 Å². The van der Waals surface area contributed by atoms with Gasteiger partial charge in [0.1, 0.15) is 23.5 Å². The number of aromatic nitrogens is 2. The zero-order valence-electron chi connectivity index (χ0n) is 12.9. The molecule has 0 aliphatic carbocycles. The quantitative estimate of drug-likeness (QED) is 0.716. The van der Waals surface area contributed by atoms with Crippen molar-refractivity contribution in [1.82, 2.24) is 9.97 Å². The summed E-state index contributed by atoms with van der Waals surface area (Å²) in [6, 6.07) is 18.6. The average molecular weight is 336 g/mol. The van der Waals surface area contributed by atoms with Crippen LogP contribution in [0.25, 0.3) is 0 Å². The standard InChI is InChI=1S/C18H14ClN5/c1-12-21-17(23-15-7-4-6-14(19)9-15)10-18(22-12)24-16-8-3-2-5-13(16)11-20/h2-10H,1H3,(H2,21,22,23,24). The first-order valence-electron chi connectivity index (χ1n) is 7.28. The molecule has 0 fully saturated rings. The van der Waals surface area contributed by atoms with E-state index in [1.165, 1.54) is 0 Å². The smallest absolute Gasteiger partial charge is 0.136 e. The normalized spacial score (nSPS) is 10.0. The van der Waals surface area contributed by atoms with Gasteiger partial charge in [-0.25, -0.2) is 9.97 Å². The number of nitrogens with one attached hydrogen (secondary N) is 2. The number of hydrogen-bond acceptors (Lipinski definition) is 5. The number of para-hydroxylation sites is 1. The van der Waals surface area contributed by atoms with Gasteiger partial charge in [0.2, 0.25) is 0 Å². The zero-order chi connectivity index (χ0) is 16.9. The van der Waals surface area contributed by atoms with E-state index >= 15 is 0 Å². The molecule has 0 unspecified atom stereocenters. The SMILES string of the molecule is Cc1nc(Nc2cccc(Cl)c2)cc(Nc2ccccc2C#N)n1. The second-order valence-corrected chi connectivity index (χ2v) is 5.54. The Morgan fingerprint density at radius 3 is 2.46 bits per heavy atom. The van der Waals surface area contributed by atoms with Crippen LogP contribution in [0.3, 0.4) is 0 Å². The van der Waals surface area contributed by atoms with E-state index < -0.39 is 0 Å². The molecule has 0 saturated carbocycles. The molecule has 1 aromatic heterocycles. The molecule has 2 aromatic carbocycles. The van der Waals surface area contributed by atoms with Gasteiger partial charge in [0, 0.05) is 16.8 Å². The van der Waals surface area contributed by atoms with Crippen LogP contribution in [0.4, 0.5) is 23.0 Å². The Morgan fingerprint density at radius 1 is 0.958 bits per heavy atom. The first-order valence-corrected chi connectivity index (χ1v) is 7.66.